The Labute approximate surface area is 91.2 Å². The van der Waals surface area contributed by atoms with E-state index in [0.29, 0.717) is 0 Å². The first-order valence-electron chi connectivity index (χ1n) is 5.62. The molecule has 1 fully saturated rings. The second-order valence-electron chi connectivity index (χ2n) is 4.22. The molecule has 0 saturated carbocycles. The summed E-state index contributed by atoms with van der Waals surface area (Å²) in [6.45, 7) is 8.15. The van der Waals surface area contributed by atoms with Gasteiger partial charge in [-0.15, -0.1) is 0 Å². The summed E-state index contributed by atoms with van der Waals surface area (Å²) in [5.74, 6) is 0.978. The van der Waals surface area contributed by atoms with Crippen molar-refractivity contribution in [3.05, 3.63) is 29.8 Å². The maximum atomic E-state index is 5.85. The van der Waals surface area contributed by atoms with Crippen LogP contribution >= 0.6 is 0 Å². The van der Waals surface area contributed by atoms with Crippen LogP contribution in [0.15, 0.2) is 24.3 Å². The van der Waals surface area contributed by atoms with E-state index >= 15 is 0 Å². The summed E-state index contributed by atoms with van der Waals surface area (Å²) in [5, 5.41) is 0. The number of hydrogen-bond donors (Lipinski definition) is 0. The smallest absolute Gasteiger partial charge is 0.132 e. The lowest BCUT2D eigenvalue weighted by Crippen LogP contribution is -2.37. The third-order valence-electron chi connectivity index (χ3n) is 2.78. The third kappa shape index (κ3) is 1.63. The molecule has 2 heteroatoms. The van der Waals surface area contributed by atoms with E-state index < -0.39 is 0 Å². The minimum Gasteiger partial charge on any atom is -0.485 e. The molecule has 2 atom stereocenters. The van der Waals surface area contributed by atoms with Crippen molar-refractivity contribution < 1.29 is 9.47 Å². The third-order valence-corrected chi connectivity index (χ3v) is 2.78. The predicted octanol–water partition coefficient (Wildman–Crippen LogP) is 3.32. The Morgan fingerprint density at radius 3 is 2.53 bits per heavy atom. The van der Waals surface area contributed by atoms with Crippen molar-refractivity contribution in [2.75, 3.05) is 0 Å². The van der Waals surface area contributed by atoms with Gasteiger partial charge in [-0.1, -0.05) is 32.0 Å². The Hall–Kier alpha value is -1.02. The van der Waals surface area contributed by atoms with Gasteiger partial charge in [-0.05, 0) is 19.9 Å². The summed E-state index contributed by atoms with van der Waals surface area (Å²) in [4.78, 5) is 0. The molecule has 1 saturated heterocycles. The SMILES string of the molecule is CC.CC1(C)Oc2ccccc2[C@H]2O[C@H]21. The molecule has 0 spiro atoms. The van der Waals surface area contributed by atoms with Crippen LogP contribution in [-0.2, 0) is 4.74 Å². The summed E-state index contributed by atoms with van der Waals surface area (Å²) >= 11 is 0. The van der Waals surface area contributed by atoms with Crippen LogP contribution < -0.4 is 4.74 Å². The highest BCUT2D eigenvalue weighted by Gasteiger charge is 2.56. The summed E-state index contributed by atoms with van der Waals surface area (Å²) in [6, 6.07) is 8.11. The van der Waals surface area contributed by atoms with Gasteiger partial charge in [-0.3, -0.25) is 0 Å². The van der Waals surface area contributed by atoms with Crippen LogP contribution in [0.25, 0.3) is 0 Å². The van der Waals surface area contributed by atoms with Crippen LogP contribution in [0.3, 0.4) is 0 Å². The van der Waals surface area contributed by atoms with Crippen LogP contribution in [0.2, 0.25) is 0 Å². The number of hydrogen-bond acceptors (Lipinski definition) is 2. The van der Waals surface area contributed by atoms with Gasteiger partial charge >= 0.3 is 0 Å². The molecule has 2 nitrogen and oxygen atoms in total. The van der Waals surface area contributed by atoms with Crippen molar-refractivity contribution in [3.63, 3.8) is 0 Å². The van der Waals surface area contributed by atoms with Crippen molar-refractivity contribution >= 4 is 0 Å². The molecule has 0 N–H and O–H groups in total. The monoisotopic (exact) mass is 206 g/mol. The Morgan fingerprint density at radius 2 is 1.80 bits per heavy atom. The van der Waals surface area contributed by atoms with E-state index in [4.69, 9.17) is 9.47 Å². The van der Waals surface area contributed by atoms with Gasteiger partial charge < -0.3 is 9.47 Å². The first kappa shape index (κ1) is 10.5. The topological polar surface area (TPSA) is 21.8 Å². The first-order chi connectivity index (χ1) is 7.18. The molecule has 0 radical (unpaired) electrons. The Bertz CT molecular complexity index is 357. The fourth-order valence-corrected chi connectivity index (χ4v) is 2.03. The van der Waals surface area contributed by atoms with E-state index in [2.05, 4.69) is 19.9 Å². The molecule has 15 heavy (non-hydrogen) atoms. The molecular weight excluding hydrogens is 188 g/mol. The van der Waals surface area contributed by atoms with Crippen molar-refractivity contribution in [2.45, 2.75) is 45.5 Å². The van der Waals surface area contributed by atoms with Crippen LogP contribution in [0.5, 0.6) is 5.75 Å². The number of para-hydroxylation sites is 1. The minimum absolute atomic E-state index is 0.168. The Kier molecular flexibility index (Phi) is 2.47. The van der Waals surface area contributed by atoms with Gasteiger partial charge in [0.25, 0.3) is 0 Å². The second-order valence-corrected chi connectivity index (χ2v) is 4.22. The van der Waals surface area contributed by atoms with Gasteiger partial charge in [0.1, 0.15) is 23.6 Å². The summed E-state index contributed by atoms with van der Waals surface area (Å²) in [7, 11) is 0. The maximum absolute atomic E-state index is 5.85. The summed E-state index contributed by atoms with van der Waals surface area (Å²) in [6.07, 6.45) is 0.530. The van der Waals surface area contributed by atoms with Crippen LogP contribution in [0.4, 0.5) is 0 Å². The molecule has 0 aromatic heterocycles. The lowest BCUT2D eigenvalue weighted by Gasteiger charge is -2.29. The number of epoxide rings is 1. The van der Waals surface area contributed by atoms with Gasteiger partial charge in [0.2, 0.25) is 0 Å². The fourth-order valence-electron chi connectivity index (χ4n) is 2.03. The first-order valence-corrected chi connectivity index (χ1v) is 5.62. The van der Waals surface area contributed by atoms with E-state index in [1.54, 1.807) is 0 Å². The van der Waals surface area contributed by atoms with Gasteiger partial charge in [-0.25, -0.2) is 0 Å². The number of fused-ring (bicyclic) bond motifs is 3. The molecular formula is C13H18O2. The molecule has 1 aromatic rings. The van der Waals surface area contributed by atoms with Crippen LogP contribution in [0.1, 0.15) is 39.4 Å². The number of rotatable bonds is 0. The molecule has 1 aromatic carbocycles. The molecule has 0 bridgehead atoms. The predicted molar refractivity (Wildman–Crippen MR) is 60.1 cm³/mol. The van der Waals surface area contributed by atoms with Gasteiger partial charge in [0, 0.05) is 5.56 Å². The molecule has 2 aliphatic heterocycles. The van der Waals surface area contributed by atoms with Gasteiger partial charge in [0.05, 0.1) is 0 Å². The molecule has 82 valence electrons. The van der Waals surface area contributed by atoms with Crippen LogP contribution in [-0.4, -0.2) is 11.7 Å². The van der Waals surface area contributed by atoms with Crippen molar-refractivity contribution in [2.24, 2.45) is 0 Å². The zero-order valence-corrected chi connectivity index (χ0v) is 9.78. The van der Waals surface area contributed by atoms with Crippen molar-refractivity contribution in [1.29, 1.82) is 0 Å². The average molecular weight is 206 g/mol. The average Bonchev–Trinajstić information content (AvgIpc) is 3.01. The fraction of sp³-hybridized carbons (Fsp3) is 0.538. The molecule has 0 unspecified atom stereocenters. The maximum Gasteiger partial charge on any atom is 0.132 e. The molecule has 3 rings (SSSR count). The Balaban J connectivity index is 0.000000404. The van der Waals surface area contributed by atoms with Crippen molar-refractivity contribution in [1.82, 2.24) is 0 Å². The van der Waals surface area contributed by atoms with E-state index in [1.807, 2.05) is 32.0 Å². The quantitative estimate of drug-likeness (QED) is 0.607. The number of benzene rings is 1. The summed E-state index contributed by atoms with van der Waals surface area (Å²) in [5.41, 5.74) is 1.03. The Morgan fingerprint density at radius 1 is 1.13 bits per heavy atom. The van der Waals surface area contributed by atoms with Gasteiger partial charge in [-0.2, -0.15) is 0 Å². The molecule has 2 aliphatic rings. The largest absolute Gasteiger partial charge is 0.485 e. The highest BCUT2D eigenvalue weighted by Crippen LogP contribution is 2.53. The molecule has 2 heterocycles. The molecule has 0 aliphatic carbocycles. The van der Waals surface area contributed by atoms with E-state index in [-0.39, 0.29) is 17.8 Å². The number of ether oxygens (including phenoxy) is 2. The lowest BCUT2D eigenvalue weighted by molar-refractivity contribution is 0.0725. The highest BCUT2D eigenvalue weighted by atomic mass is 16.6. The normalized spacial score (nSPS) is 28.8. The van der Waals surface area contributed by atoms with E-state index in [1.165, 1.54) is 5.56 Å². The minimum atomic E-state index is -0.168. The zero-order valence-electron chi connectivity index (χ0n) is 9.78. The van der Waals surface area contributed by atoms with E-state index in [9.17, 15) is 0 Å². The van der Waals surface area contributed by atoms with Gasteiger partial charge in [0.15, 0.2) is 0 Å². The summed E-state index contributed by atoms with van der Waals surface area (Å²) < 4.78 is 11.4. The second kappa shape index (κ2) is 3.53. The standard InChI is InChI=1S/C11H12O2.C2H6/c1-11(2)10-9(12-10)7-5-3-4-6-8(7)13-11;1-2/h3-6,9-10H,1-2H3;1-2H3/t9-,10-;/m1./s1. The zero-order chi connectivity index (χ0) is 11.1. The molecule has 0 amide bonds. The van der Waals surface area contributed by atoms with Crippen molar-refractivity contribution in [3.8, 4) is 5.75 Å². The van der Waals surface area contributed by atoms with Crippen LogP contribution in [0, 0.1) is 0 Å². The highest BCUT2D eigenvalue weighted by molar-refractivity contribution is 5.41. The lowest BCUT2D eigenvalue weighted by atomic mass is 9.94. The van der Waals surface area contributed by atoms with E-state index in [0.717, 1.165) is 5.75 Å².